The highest BCUT2D eigenvalue weighted by Gasteiger charge is 2.06. The van der Waals surface area contributed by atoms with Gasteiger partial charge in [0, 0.05) is 36.7 Å². The van der Waals surface area contributed by atoms with E-state index in [4.69, 9.17) is 9.47 Å². The first kappa shape index (κ1) is 24.8. The molecular formula is C23H30FIN4O2. The fourth-order valence-corrected chi connectivity index (χ4v) is 3.36. The van der Waals surface area contributed by atoms with Crippen LogP contribution in [0.2, 0.25) is 0 Å². The first-order valence-electron chi connectivity index (χ1n) is 10.1. The molecule has 0 aliphatic heterocycles. The molecule has 0 spiro atoms. The molecule has 168 valence electrons. The highest BCUT2D eigenvalue weighted by atomic mass is 127. The Bertz CT molecular complexity index is 1010. The smallest absolute Gasteiger partial charge is 0.191 e. The van der Waals surface area contributed by atoms with E-state index in [9.17, 15) is 4.39 Å². The van der Waals surface area contributed by atoms with Crippen molar-refractivity contribution in [2.45, 2.75) is 19.8 Å². The number of benzene rings is 2. The second-order valence-electron chi connectivity index (χ2n) is 6.88. The Hall–Kier alpha value is -2.49. The van der Waals surface area contributed by atoms with Gasteiger partial charge in [-0.05, 0) is 61.2 Å². The SMILES string of the molecule is CCNC(=NCCc1c[nH]c2cc(F)ccc12)NCCc1ccc(OC)c(OC)c1.I. The van der Waals surface area contributed by atoms with E-state index in [1.54, 1.807) is 14.2 Å². The van der Waals surface area contributed by atoms with Gasteiger partial charge in [0.2, 0.25) is 0 Å². The molecule has 1 heterocycles. The topological polar surface area (TPSA) is 70.7 Å². The maximum Gasteiger partial charge on any atom is 0.191 e. The predicted octanol–water partition coefficient (Wildman–Crippen LogP) is 4.28. The van der Waals surface area contributed by atoms with Crippen LogP contribution >= 0.6 is 24.0 Å². The molecule has 3 aromatic rings. The molecular weight excluding hydrogens is 510 g/mol. The minimum absolute atomic E-state index is 0. The van der Waals surface area contributed by atoms with Crippen LogP contribution in [0.3, 0.4) is 0 Å². The van der Waals surface area contributed by atoms with Crippen molar-refractivity contribution < 1.29 is 13.9 Å². The number of aliphatic imine (C=N–C) groups is 1. The van der Waals surface area contributed by atoms with Crippen molar-refractivity contribution in [2.75, 3.05) is 33.9 Å². The maximum atomic E-state index is 13.3. The number of H-pyrrole nitrogens is 1. The van der Waals surface area contributed by atoms with E-state index in [0.29, 0.717) is 6.54 Å². The zero-order valence-electron chi connectivity index (χ0n) is 18.1. The van der Waals surface area contributed by atoms with Crippen LogP contribution in [0.15, 0.2) is 47.6 Å². The van der Waals surface area contributed by atoms with Gasteiger partial charge >= 0.3 is 0 Å². The number of aromatic amines is 1. The molecule has 0 radical (unpaired) electrons. The minimum Gasteiger partial charge on any atom is -0.493 e. The van der Waals surface area contributed by atoms with Crippen molar-refractivity contribution in [3.05, 3.63) is 59.5 Å². The average molecular weight is 540 g/mol. The number of hydrogen-bond donors (Lipinski definition) is 3. The Morgan fingerprint density at radius 3 is 2.58 bits per heavy atom. The van der Waals surface area contributed by atoms with Crippen LogP contribution < -0.4 is 20.1 Å². The van der Waals surface area contributed by atoms with Crippen molar-refractivity contribution in [1.29, 1.82) is 0 Å². The van der Waals surface area contributed by atoms with Gasteiger partial charge in [0.25, 0.3) is 0 Å². The third-order valence-electron chi connectivity index (χ3n) is 4.88. The summed E-state index contributed by atoms with van der Waals surface area (Å²) in [6.45, 7) is 4.21. The molecule has 8 heteroatoms. The molecule has 0 amide bonds. The van der Waals surface area contributed by atoms with Crippen LogP contribution in [0.4, 0.5) is 4.39 Å². The molecule has 0 bridgehead atoms. The third-order valence-corrected chi connectivity index (χ3v) is 4.88. The van der Waals surface area contributed by atoms with Crippen LogP contribution in [0.1, 0.15) is 18.1 Å². The summed E-state index contributed by atoms with van der Waals surface area (Å²) < 4.78 is 24.0. The van der Waals surface area contributed by atoms with Gasteiger partial charge in [-0.2, -0.15) is 0 Å². The lowest BCUT2D eigenvalue weighted by Crippen LogP contribution is -2.38. The molecule has 3 rings (SSSR count). The number of guanidine groups is 1. The van der Waals surface area contributed by atoms with Gasteiger partial charge in [0.15, 0.2) is 17.5 Å². The Morgan fingerprint density at radius 2 is 1.84 bits per heavy atom. The number of hydrogen-bond acceptors (Lipinski definition) is 3. The van der Waals surface area contributed by atoms with E-state index in [-0.39, 0.29) is 29.8 Å². The van der Waals surface area contributed by atoms with Gasteiger partial charge in [0.05, 0.1) is 14.2 Å². The molecule has 3 N–H and O–H groups in total. The van der Waals surface area contributed by atoms with E-state index in [1.807, 2.05) is 37.4 Å². The van der Waals surface area contributed by atoms with Gasteiger partial charge in [-0.15, -0.1) is 24.0 Å². The van der Waals surface area contributed by atoms with Crippen molar-refractivity contribution >= 4 is 40.8 Å². The second-order valence-corrected chi connectivity index (χ2v) is 6.88. The summed E-state index contributed by atoms with van der Waals surface area (Å²) in [5, 5.41) is 7.68. The molecule has 1 aromatic heterocycles. The summed E-state index contributed by atoms with van der Waals surface area (Å²) in [7, 11) is 3.27. The van der Waals surface area contributed by atoms with Gasteiger partial charge in [0.1, 0.15) is 5.82 Å². The number of rotatable bonds is 9. The highest BCUT2D eigenvalue weighted by Crippen LogP contribution is 2.27. The summed E-state index contributed by atoms with van der Waals surface area (Å²) in [6, 6.07) is 10.8. The zero-order chi connectivity index (χ0) is 21.3. The Kier molecular flexibility index (Phi) is 9.90. The lowest BCUT2D eigenvalue weighted by Gasteiger charge is -2.12. The minimum atomic E-state index is -0.234. The quantitative estimate of drug-likeness (QED) is 0.215. The van der Waals surface area contributed by atoms with Crippen LogP contribution in [0, 0.1) is 5.82 Å². The van der Waals surface area contributed by atoms with Crippen molar-refractivity contribution in [2.24, 2.45) is 4.99 Å². The molecule has 0 unspecified atom stereocenters. The van der Waals surface area contributed by atoms with E-state index in [0.717, 1.165) is 65.4 Å². The lowest BCUT2D eigenvalue weighted by molar-refractivity contribution is 0.354. The molecule has 0 saturated heterocycles. The van der Waals surface area contributed by atoms with Gasteiger partial charge in [-0.3, -0.25) is 4.99 Å². The monoisotopic (exact) mass is 540 g/mol. The van der Waals surface area contributed by atoms with E-state index in [2.05, 4.69) is 20.6 Å². The summed E-state index contributed by atoms with van der Waals surface area (Å²) in [5.74, 6) is 2.00. The van der Waals surface area contributed by atoms with Gasteiger partial charge in [-0.25, -0.2) is 4.39 Å². The highest BCUT2D eigenvalue weighted by molar-refractivity contribution is 14.0. The molecule has 0 saturated carbocycles. The van der Waals surface area contributed by atoms with Crippen molar-refractivity contribution in [3.8, 4) is 11.5 Å². The van der Waals surface area contributed by atoms with Crippen molar-refractivity contribution in [3.63, 3.8) is 0 Å². The molecule has 0 aliphatic carbocycles. The van der Waals surface area contributed by atoms with E-state index in [1.165, 1.54) is 12.1 Å². The van der Waals surface area contributed by atoms with Gasteiger partial charge in [-0.1, -0.05) is 6.07 Å². The lowest BCUT2D eigenvalue weighted by atomic mass is 10.1. The zero-order valence-corrected chi connectivity index (χ0v) is 20.5. The number of nitrogens with zero attached hydrogens (tertiary/aromatic N) is 1. The number of methoxy groups -OCH3 is 2. The maximum absolute atomic E-state index is 13.3. The Balaban J connectivity index is 0.00000341. The number of ether oxygens (including phenoxy) is 2. The first-order valence-corrected chi connectivity index (χ1v) is 10.1. The van der Waals surface area contributed by atoms with Crippen LogP contribution in [0.5, 0.6) is 11.5 Å². The first-order chi connectivity index (χ1) is 14.6. The fraction of sp³-hybridized carbons (Fsp3) is 0.348. The second kappa shape index (κ2) is 12.4. The van der Waals surface area contributed by atoms with E-state index < -0.39 is 0 Å². The molecule has 0 aliphatic rings. The summed E-state index contributed by atoms with van der Waals surface area (Å²) in [6.07, 6.45) is 3.54. The summed E-state index contributed by atoms with van der Waals surface area (Å²) >= 11 is 0. The molecule has 0 atom stereocenters. The summed E-state index contributed by atoms with van der Waals surface area (Å²) in [5.41, 5.74) is 3.10. The average Bonchev–Trinajstić information content (AvgIpc) is 3.15. The Morgan fingerprint density at radius 1 is 1.03 bits per heavy atom. The Labute approximate surface area is 199 Å². The number of aromatic nitrogens is 1. The van der Waals surface area contributed by atoms with Crippen LogP contribution in [-0.2, 0) is 12.8 Å². The number of halogens is 2. The molecule has 31 heavy (non-hydrogen) atoms. The summed E-state index contributed by atoms with van der Waals surface area (Å²) in [4.78, 5) is 7.79. The van der Waals surface area contributed by atoms with Crippen molar-refractivity contribution in [1.82, 2.24) is 15.6 Å². The molecule has 2 aromatic carbocycles. The molecule has 0 fully saturated rings. The fourth-order valence-electron chi connectivity index (χ4n) is 3.36. The number of fused-ring (bicyclic) bond motifs is 1. The number of nitrogens with one attached hydrogen (secondary N) is 3. The predicted molar refractivity (Wildman–Crippen MR) is 135 cm³/mol. The third kappa shape index (κ3) is 6.75. The molecule has 6 nitrogen and oxygen atoms in total. The van der Waals surface area contributed by atoms with Crippen LogP contribution in [0.25, 0.3) is 10.9 Å². The largest absolute Gasteiger partial charge is 0.493 e. The van der Waals surface area contributed by atoms with Gasteiger partial charge < -0.3 is 25.1 Å². The normalized spacial score (nSPS) is 11.2. The van der Waals surface area contributed by atoms with Crippen LogP contribution in [-0.4, -0.2) is 44.8 Å². The van der Waals surface area contributed by atoms with E-state index >= 15 is 0 Å². The standard InChI is InChI=1S/C23H29FN4O2.HI/c1-4-25-23(26-11-9-16-5-8-21(29-2)22(13-16)30-3)27-12-10-17-15-28-20-14-18(24)6-7-19(17)20;/h5-8,13-15,28H,4,9-12H2,1-3H3,(H2,25,26,27);1H.